The summed E-state index contributed by atoms with van der Waals surface area (Å²) in [5, 5.41) is 8.41. The number of fused-ring (bicyclic) bond motifs is 1. The van der Waals surface area contributed by atoms with Crippen molar-refractivity contribution in [1.29, 1.82) is 0 Å². The van der Waals surface area contributed by atoms with E-state index in [1.165, 1.54) is 6.33 Å². The number of ether oxygens (including phenoxy) is 1. The zero-order valence-electron chi connectivity index (χ0n) is 12.4. The fourth-order valence-corrected chi connectivity index (χ4v) is 1.89. The maximum atomic E-state index is 7.57. The summed E-state index contributed by atoms with van der Waals surface area (Å²) in [5.74, 6) is 1.26. The molecule has 2 aromatic carbocycles. The summed E-state index contributed by atoms with van der Waals surface area (Å²) in [6.45, 7) is 2.47. The van der Waals surface area contributed by atoms with Gasteiger partial charge in [0.15, 0.2) is 0 Å². The smallest absolute Gasteiger partial charge is 0.134 e. The van der Waals surface area contributed by atoms with Gasteiger partial charge < -0.3 is 15.6 Å². The van der Waals surface area contributed by atoms with Crippen LogP contribution < -0.4 is 10.5 Å². The second-order valence-electron chi connectivity index (χ2n) is 4.53. The molecule has 0 fully saturated rings. The second-order valence-corrected chi connectivity index (χ2v) is 4.53. The van der Waals surface area contributed by atoms with E-state index in [0.29, 0.717) is 12.4 Å². The van der Waals surface area contributed by atoms with Crippen molar-refractivity contribution >= 4 is 16.7 Å². The standard InChI is InChI=1S/C15H13N3O.C2H6O/c16-15-13-7-6-12(8-14(13)17-10-18-15)19-9-11-4-2-1-3-5-11;1-2-3/h1-8,10H,9H2,(H2,16,17,18);3H,2H2,1H3. The van der Waals surface area contributed by atoms with E-state index in [0.717, 1.165) is 22.2 Å². The van der Waals surface area contributed by atoms with Crippen LogP contribution >= 0.6 is 0 Å². The molecule has 1 aromatic heterocycles. The average Bonchev–Trinajstić information content (AvgIpc) is 2.55. The molecule has 3 N–H and O–H groups in total. The molecule has 1 heterocycles. The first-order valence-corrected chi connectivity index (χ1v) is 7.02. The van der Waals surface area contributed by atoms with Crippen LogP contribution in [0.4, 0.5) is 5.82 Å². The van der Waals surface area contributed by atoms with Crippen LogP contribution in [0.1, 0.15) is 12.5 Å². The van der Waals surface area contributed by atoms with Crippen molar-refractivity contribution in [3.8, 4) is 5.75 Å². The summed E-state index contributed by atoms with van der Waals surface area (Å²) in [4.78, 5) is 8.14. The highest BCUT2D eigenvalue weighted by Gasteiger charge is 2.02. The lowest BCUT2D eigenvalue weighted by Gasteiger charge is -2.07. The van der Waals surface area contributed by atoms with E-state index >= 15 is 0 Å². The van der Waals surface area contributed by atoms with Crippen molar-refractivity contribution in [2.45, 2.75) is 13.5 Å². The molecule has 0 amide bonds. The molecule has 22 heavy (non-hydrogen) atoms. The number of rotatable bonds is 3. The van der Waals surface area contributed by atoms with E-state index in [1.54, 1.807) is 6.92 Å². The molecule has 0 aliphatic heterocycles. The molecule has 5 heteroatoms. The van der Waals surface area contributed by atoms with E-state index in [9.17, 15) is 0 Å². The predicted octanol–water partition coefficient (Wildman–Crippen LogP) is 2.79. The highest BCUT2D eigenvalue weighted by molar-refractivity contribution is 5.88. The van der Waals surface area contributed by atoms with Gasteiger partial charge in [-0.05, 0) is 24.6 Å². The summed E-state index contributed by atoms with van der Waals surface area (Å²) in [6.07, 6.45) is 1.46. The van der Waals surface area contributed by atoms with E-state index in [1.807, 2.05) is 48.5 Å². The lowest BCUT2D eigenvalue weighted by Crippen LogP contribution is -1.96. The average molecular weight is 297 g/mol. The maximum Gasteiger partial charge on any atom is 0.134 e. The molecule has 0 bridgehead atoms. The largest absolute Gasteiger partial charge is 0.489 e. The third kappa shape index (κ3) is 4.17. The molecule has 0 saturated carbocycles. The fourth-order valence-electron chi connectivity index (χ4n) is 1.89. The Morgan fingerprint density at radius 3 is 2.55 bits per heavy atom. The minimum absolute atomic E-state index is 0.250. The Morgan fingerprint density at radius 1 is 1.09 bits per heavy atom. The van der Waals surface area contributed by atoms with Gasteiger partial charge in [0.2, 0.25) is 0 Å². The normalized spacial score (nSPS) is 9.91. The minimum atomic E-state index is 0.250. The number of benzene rings is 2. The van der Waals surface area contributed by atoms with Gasteiger partial charge in [-0.2, -0.15) is 0 Å². The maximum absolute atomic E-state index is 7.57. The monoisotopic (exact) mass is 297 g/mol. The van der Waals surface area contributed by atoms with E-state index < -0.39 is 0 Å². The van der Waals surface area contributed by atoms with Gasteiger partial charge in [-0.25, -0.2) is 9.97 Å². The molecule has 114 valence electrons. The van der Waals surface area contributed by atoms with Gasteiger partial charge >= 0.3 is 0 Å². The van der Waals surface area contributed by atoms with Crippen molar-refractivity contribution < 1.29 is 9.84 Å². The lowest BCUT2D eigenvalue weighted by molar-refractivity contribution is 0.306. The second kappa shape index (κ2) is 7.95. The number of nitrogens with two attached hydrogens (primary N) is 1. The van der Waals surface area contributed by atoms with Gasteiger partial charge in [0.1, 0.15) is 24.5 Å². The van der Waals surface area contributed by atoms with Crippen LogP contribution in [0, 0.1) is 0 Å². The summed E-state index contributed by atoms with van der Waals surface area (Å²) >= 11 is 0. The number of aliphatic hydroxyl groups excluding tert-OH is 1. The van der Waals surface area contributed by atoms with Crippen molar-refractivity contribution in [3.63, 3.8) is 0 Å². The zero-order chi connectivity index (χ0) is 15.8. The highest BCUT2D eigenvalue weighted by atomic mass is 16.5. The van der Waals surface area contributed by atoms with E-state index in [2.05, 4.69) is 9.97 Å². The van der Waals surface area contributed by atoms with Crippen LogP contribution in [0.2, 0.25) is 0 Å². The fraction of sp³-hybridized carbons (Fsp3) is 0.176. The molecular formula is C17H19N3O2. The molecule has 5 nitrogen and oxygen atoms in total. The van der Waals surface area contributed by atoms with Gasteiger partial charge in [0.05, 0.1) is 5.52 Å². The lowest BCUT2D eigenvalue weighted by atomic mass is 10.2. The molecule has 0 atom stereocenters. The van der Waals surface area contributed by atoms with Crippen molar-refractivity contribution in [3.05, 3.63) is 60.4 Å². The third-order valence-corrected chi connectivity index (χ3v) is 2.89. The Morgan fingerprint density at radius 2 is 1.82 bits per heavy atom. The molecule has 0 aliphatic rings. The minimum Gasteiger partial charge on any atom is -0.489 e. The highest BCUT2D eigenvalue weighted by Crippen LogP contribution is 2.22. The molecule has 0 aliphatic carbocycles. The molecule has 3 rings (SSSR count). The quantitative estimate of drug-likeness (QED) is 0.777. The number of aliphatic hydroxyl groups is 1. The number of nitrogens with zero attached hydrogens (tertiary/aromatic N) is 2. The van der Waals surface area contributed by atoms with Gasteiger partial charge in [-0.15, -0.1) is 0 Å². The van der Waals surface area contributed by atoms with Crippen molar-refractivity contribution in [2.75, 3.05) is 12.3 Å². The summed E-state index contributed by atoms with van der Waals surface area (Å²) in [6, 6.07) is 15.7. The van der Waals surface area contributed by atoms with Crippen LogP contribution in [0.3, 0.4) is 0 Å². The first-order chi connectivity index (χ1) is 10.7. The Labute approximate surface area is 129 Å². The Bertz CT molecular complexity index is 717. The van der Waals surface area contributed by atoms with Crippen LogP contribution in [-0.4, -0.2) is 21.7 Å². The summed E-state index contributed by atoms with van der Waals surface area (Å²) in [7, 11) is 0. The van der Waals surface area contributed by atoms with E-state index in [-0.39, 0.29) is 6.61 Å². The number of hydrogen-bond donors (Lipinski definition) is 2. The third-order valence-electron chi connectivity index (χ3n) is 2.89. The van der Waals surface area contributed by atoms with Crippen LogP contribution in [0.15, 0.2) is 54.9 Å². The first-order valence-electron chi connectivity index (χ1n) is 7.02. The van der Waals surface area contributed by atoms with Crippen molar-refractivity contribution in [1.82, 2.24) is 9.97 Å². The van der Waals surface area contributed by atoms with Gasteiger partial charge in [0, 0.05) is 18.1 Å². The summed E-state index contributed by atoms with van der Waals surface area (Å²) in [5.41, 5.74) is 7.70. The van der Waals surface area contributed by atoms with E-state index in [4.69, 9.17) is 15.6 Å². The topological polar surface area (TPSA) is 81.3 Å². The SMILES string of the molecule is CCO.Nc1ncnc2cc(OCc3ccccc3)ccc12. The number of hydrogen-bond acceptors (Lipinski definition) is 5. The number of anilines is 1. The van der Waals surface area contributed by atoms with Crippen LogP contribution in [-0.2, 0) is 6.61 Å². The first kappa shape index (κ1) is 15.7. The molecule has 0 radical (unpaired) electrons. The Hall–Kier alpha value is -2.66. The number of aromatic nitrogens is 2. The molecular weight excluding hydrogens is 278 g/mol. The van der Waals surface area contributed by atoms with Gasteiger partial charge in [0.25, 0.3) is 0 Å². The van der Waals surface area contributed by atoms with Crippen molar-refractivity contribution in [2.24, 2.45) is 0 Å². The van der Waals surface area contributed by atoms with Crippen LogP contribution in [0.25, 0.3) is 10.9 Å². The molecule has 3 aromatic rings. The Kier molecular flexibility index (Phi) is 5.68. The van der Waals surface area contributed by atoms with Gasteiger partial charge in [-0.1, -0.05) is 30.3 Å². The molecule has 0 spiro atoms. The zero-order valence-corrected chi connectivity index (χ0v) is 12.4. The molecule has 0 saturated heterocycles. The Balaban J connectivity index is 0.000000545. The summed E-state index contributed by atoms with van der Waals surface area (Å²) < 4.78 is 5.74. The predicted molar refractivity (Wildman–Crippen MR) is 87.5 cm³/mol. The number of nitrogen functional groups attached to an aromatic ring is 1. The molecule has 0 unspecified atom stereocenters. The van der Waals surface area contributed by atoms with Crippen LogP contribution in [0.5, 0.6) is 5.75 Å². The van der Waals surface area contributed by atoms with Gasteiger partial charge in [-0.3, -0.25) is 0 Å².